The fraction of sp³-hybridized carbons (Fsp3) is 0.542. The highest BCUT2D eigenvalue weighted by Crippen LogP contribution is 2.58. The van der Waals surface area contributed by atoms with Crippen molar-refractivity contribution in [1.82, 2.24) is 0 Å². The highest BCUT2D eigenvalue weighted by atomic mass is 32.2. The number of alkyl halides is 6. The summed E-state index contributed by atoms with van der Waals surface area (Å²) in [6.07, 6.45) is 13.3. The maximum atomic E-state index is 14.7. The van der Waals surface area contributed by atoms with Crippen molar-refractivity contribution >= 4 is 9.84 Å². The van der Waals surface area contributed by atoms with Gasteiger partial charge in [-0.3, -0.25) is 0 Å². The Morgan fingerprint density at radius 1 is 0.222 bits per heavy atom. The first-order chi connectivity index (χ1) is 63.0. The van der Waals surface area contributed by atoms with Crippen LogP contribution in [-0.2, 0) is 20.7 Å². The van der Waals surface area contributed by atoms with Crippen LogP contribution in [0, 0.1) is 32.5 Å². The second-order valence-corrected chi connectivity index (χ2v) is 47.5. The topological polar surface area (TPSA) is 108 Å². The molecule has 0 unspecified atom stereocenters. The van der Waals surface area contributed by atoms with Crippen molar-refractivity contribution in [3.05, 3.63) is 253 Å². The highest BCUT2D eigenvalue weighted by Gasteiger charge is 2.72. The zero-order chi connectivity index (χ0) is 99.2. The first-order valence-corrected chi connectivity index (χ1v) is 51.2. The largest absolute Gasteiger partial charge is 0.488 e. The molecule has 0 amide bonds. The van der Waals surface area contributed by atoms with Gasteiger partial charge in [-0.15, -0.1) is 0 Å². The summed E-state index contributed by atoms with van der Waals surface area (Å²) in [5.41, 5.74) is -3.07. The van der Waals surface area contributed by atoms with Crippen LogP contribution < -0.4 is 37.9 Å². The standard InChI is InChI=1S/C33H42F6O2.C33H48O2.C30H42O4S.C18H14O2.2C2H6/c1-27(2)15-19-29(5,20-16-27)40-25-11-7-23(8-12-25)31(32(34,35)36,33(37,38)39)24-9-13-26(14-10-24)41-30(6)21-17-28(3,4)18-22-30;1-29(2)17-21-32(7,22-18-29)34-27-13-9-25(10-14-27)31(5,6)26-11-15-28(16-12-26)35-33(8)23-19-30(3,4)20-24-33;1-27(2)15-19-29(5,20-16-27)33-23-7-11-25(12-8-23)35(31,32)26-13-9-24(10-14-26)34-30(6)21-17-28(3,4)18-22-30;1-3-8-15(9-4-1)19-17-12-7-13-18(14-17)20-16-10-5-2-6-11-16;2*1-2/h7-14H,15-22H2,1-6H3;9-16H,17-24H2,1-8H3;7-14H,15-22H2,1-6H3;1-14H;2*1-2H3. The van der Waals surface area contributed by atoms with Gasteiger partial charge in [-0.05, 0) is 384 Å². The molecule has 6 aliphatic carbocycles. The number of sulfone groups is 1. The van der Waals surface area contributed by atoms with Crippen LogP contribution in [0.15, 0.2) is 240 Å². The maximum absolute atomic E-state index is 14.7. The second-order valence-electron chi connectivity index (χ2n) is 45.5. The Balaban J connectivity index is 0.000000188. The lowest BCUT2D eigenvalue weighted by atomic mass is 9.71. The number of para-hydroxylation sites is 2. The van der Waals surface area contributed by atoms with E-state index in [9.17, 15) is 34.8 Å². The molecule has 17 heteroatoms. The molecule has 0 bridgehead atoms. The summed E-state index contributed by atoms with van der Waals surface area (Å²) in [6, 6.07) is 66.7. The van der Waals surface area contributed by atoms with Crippen molar-refractivity contribution in [2.24, 2.45) is 32.5 Å². The summed E-state index contributed by atoms with van der Waals surface area (Å²) < 4.78 is 164. The van der Waals surface area contributed by atoms with E-state index in [2.05, 4.69) is 173 Å². The molecule has 0 aliphatic heterocycles. The number of hydrogen-bond donors (Lipinski definition) is 0. The molecule has 135 heavy (non-hydrogen) atoms. The lowest BCUT2D eigenvalue weighted by molar-refractivity contribution is -0.288. The van der Waals surface area contributed by atoms with E-state index < -0.39 is 49.9 Å². The van der Waals surface area contributed by atoms with Gasteiger partial charge in [0, 0.05) is 11.5 Å². The van der Waals surface area contributed by atoms with Gasteiger partial charge in [0.05, 0.1) is 9.79 Å². The van der Waals surface area contributed by atoms with E-state index in [1.54, 1.807) is 48.5 Å². The number of halogens is 6. The number of ether oxygens (including phenoxy) is 8. The van der Waals surface area contributed by atoms with Crippen molar-refractivity contribution < 1.29 is 72.7 Å². The van der Waals surface area contributed by atoms with Crippen LogP contribution in [0.25, 0.3) is 0 Å². The third kappa shape index (κ3) is 29.5. The summed E-state index contributed by atoms with van der Waals surface area (Å²) in [5, 5.41) is 0. The van der Waals surface area contributed by atoms with Crippen molar-refractivity contribution in [3.8, 4) is 57.5 Å². The van der Waals surface area contributed by atoms with Gasteiger partial charge in [-0.2, -0.15) is 26.3 Å². The van der Waals surface area contributed by atoms with Gasteiger partial charge < -0.3 is 37.9 Å². The van der Waals surface area contributed by atoms with Gasteiger partial charge in [0.25, 0.3) is 0 Å². The van der Waals surface area contributed by atoms with E-state index >= 15 is 0 Å². The van der Waals surface area contributed by atoms with E-state index in [1.807, 2.05) is 126 Å². The lowest BCUT2D eigenvalue weighted by Crippen LogP contribution is -2.54. The fourth-order valence-corrected chi connectivity index (χ4v) is 20.2. The minimum atomic E-state index is -5.65. The van der Waals surface area contributed by atoms with E-state index in [0.717, 1.165) is 199 Å². The lowest BCUT2D eigenvalue weighted by Gasteiger charge is -2.42. The Hall–Kier alpha value is -9.09. The zero-order valence-corrected chi connectivity index (χ0v) is 86.5. The molecule has 0 N–H and O–H groups in total. The van der Waals surface area contributed by atoms with Gasteiger partial charge in [0.15, 0.2) is 0 Å². The van der Waals surface area contributed by atoms with Gasteiger partial charge in [0.1, 0.15) is 91.1 Å². The molecule has 0 saturated heterocycles. The molecule has 0 spiro atoms. The smallest absolute Gasteiger partial charge is 0.411 e. The molecular formula is C118H158F6O10S. The Kier molecular flexibility index (Phi) is 34.5. The molecule has 6 fully saturated rings. The van der Waals surface area contributed by atoms with Crippen molar-refractivity contribution in [2.75, 3.05) is 0 Å². The van der Waals surface area contributed by atoms with E-state index in [-0.39, 0.29) is 59.9 Å². The third-order valence-electron chi connectivity index (χ3n) is 29.8. The van der Waals surface area contributed by atoms with Crippen LogP contribution >= 0.6 is 0 Å². The molecular weight excluding hydrogens is 1720 g/mol. The van der Waals surface area contributed by atoms with Gasteiger partial charge in [-0.25, -0.2) is 8.42 Å². The van der Waals surface area contributed by atoms with Gasteiger partial charge >= 0.3 is 12.4 Å². The summed E-state index contributed by atoms with van der Waals surface area (Å²) >= 11 is 0. The molecule has 0 aromatic heterocycles. The predicted octanol–water partition coefficient (Wildman–Crippen LogP) is 35.4. The van der Waals surface area contributed by atoms with Crippen molar-refractivity contribution in [1.29, 1.82) is 0 Å². The number of benzene rings is 9. The van der Waals surface area contributed by atoms with Crippen LogP contribution in [0.3, 0.4) is 0 Å². The molecule has 0 radical (unpaired) electrons. The number of rotatable bonds is 22. The van der Waals surface area contributed by atoms with Crippen molar-refractivity contribution in [3.63, 3.8) is 0 Å². The van der Waals surface area contributed by atoms with Crippen LogP contribution in [-0.4, -0.2) is 54.4 Å². The van der Waals surface area contributed by atoms with E-state index in [1.165, 1.54) is 61.1 Å². The number of hydrogen-bond acceptors (Lipinski definition) is 10. The SMILES string of the molecule is CC.CC.CC1(C)CCC(C)(Oc2ccc(C(C)(C)c3ccc(OC4(C)CCC(C)(C)CC4)cc3)cc2)CC1.CC1(C)CCC(C)(Oc2ccc(C(c3ccc(OC4(C)CCC(C)(C)CC4)cc3)(C(F)(F)F)C(F)(F)F)cc2)CC1.CC1(C)CCC(C)(Oc2ccc(S(=O)(=O)c3ccc(OC4(C)CCC(C)(C)CC4)cc3)cc2)CC1.c1ccc(Oc2cccc(Oc3ccccc3)c2)cc1. The maximum Gasteiger partial charge on any atom is 0.411 e. The molecule has 6 aliphatic rings. The minimum absolute atomic E-state index is 0.0485. The molecule has 9 aromatic rings. The first kappa shape index (κ1) is 108. The molecule has 10 nitrogen and oxygen atoms in total. The minimum Gasteiger partial charge on any atom is -0.488 e. The Labute approximate surface area is 807 Å². The Morgan fingerprint density at radius 2 is 0.400 bits per heavy atom. The van der Waals surface area contributed by atoms with E-state index in [0.29, 0.717) is 21.7 Å². The predicted molar refractivity (Wildman–Crippen MR) is 539 cm³/mol. The average Bonchev–Trinajstić information content (AvgIpc) is 0.713. The molecule has 9 aromatic carbocycles. The monoisotopic (exact) mass is 1880 g/mol. The summed E-state index contributed by atoms with van der Waals surface area (Å²) in [6.45, 7) is 52.7. The molecule has 15 rings (SSSR count). The van der Waals surface area contributed by atoms with Gasteiger partial charge in [0.2, 0.25) is 15.3 Å². The fourth-order valence-electron chi connectivity index (χ4n) is 19.0. The third-order valence-corrected chi connectivity index (χ3v) is 31.5. The summed E-state index contributed by atoms with van der Waals surface area (Å²) in [7, 11) is -3.61. The highest BCUT2D eigenvalue weighted by molar-refractivity contribution is 7.91. The Bertz CT molecular complexity index is 4930. The molecule has 0 heterocycles. The zero-order valence-electron chi connectivity index (χ0n) is 85.7. The Morgan fingerprint density at radius 3 is 0.593 bits per heavy atom. The summed E-state index contributed by atoms with van der Waals surface area (Å²) in [5.74, 6) is 7.04. The van der Waals surface area contributed by atoms with Gasteiger partial charge in [-0.1, -0.05) is 216 Å². The second kappa shape index (κ2) is 43.1. The average molecular weight is 1880 g/mol. The van der Waals surface area contributed by atoms with Crippen LogP contribution in [0.5, 0.6) is 57.5 Å². The molecule has 738 valence electrons. The summed E-state index contributed by atoms with van der Waals surface area (Å²) in [4.78, 5) is 0.546. The van der Waals surface area contributed by atoms with Crippen LogP contribution in [0.4, 0.5) is 26.3 Å². The first-order valence-electron chi connectivity index (χ1n) is 49.7. The van der Waals surface area contributed by atoms with E-state index in [4.69, 9.17) is 37.9 Å². The van der Waals surface area contributed by atoms with Crippen molar-refractivity contribution in [2.45, 2.75) is 387 Å². The van der Waals surface area contributed by atoms with Crippen LogP contribution in [0.2, 0.25) is 0 Å². The normalized spacial score (nSPS) is 20.1. The molecule has 6 saturated carbocycles. The van der Waals surface area contributed by atoms with Crippen LogP contribution in [0.1, 0.15) is 343 Å². The molecule has 0 atom stereocenters. The quantitative estimate of drug-likeness (QED) is 0.0609.